The Morgan fingerprint density at radius 3 is 2.33 bits per heavy atom. The number of rotatable bonds is 12. The molecule has 48 heavy (non-hydrogen) atoms. The van der Waals surface area contributed by atoms with Crippen molar-refractivity contribution in [2.24, 2.45) is 5.10 Å². The Hall–Kier alpha value is -5.14. The molecular formula is C35H34N6O5S2. The van der Waals surface area contributed by atoms with Gasteiger partial charge >= 0.3 is 0 Å². The molecule has 1 atom stereocenters. The molecule has 13 heteroatoms. The van der Waals surface area contributed by atoms with E-state index >= 15 is 0 Å². The van der Waals surface area contributed by atoms with Crippen LogP contribution in [0.1, 0.15) is 44.6 Å². The van der Waals surface area contributed by atoms with Gasteiger partial charge in [-0.3, -0.25) is 14.2 Å². The van der Waals surface area contributed by atoms with Gasteiger partial charge in [0.15, 0.2) is 11.0 Å². The van der Waals surface area contributed by atoms with Crippen LogP contribution in [-0.4, -0.2) is 64.4 Å². The molecule has 2 aromatic heterocycles. The Morgan fingerprint density at radius 1 is 0.917 bits per heavy atom. The number of hydrazone groups is 1. The number of hydrogen-bond donors (Lipinski definition) is 1. The second kappa shape index (κ2) is 14.7. The number of carbonyl (C=O) groups excluding carboxylic acids is 2. The fourth-order valence-corrected chi connectivity index (χ4v) is 6.89. The molecule has 6 rings (SSSR count). The third-order valence-electron chi connectivity index (χ3n) is 7.78. The van der Waals surface area contributed by atoms with Crippen LogP contribution >= 0.6 is 23.1 Å². The third kappa shape index (κ3) is 7.21. The van der Waals surface area contributed by atoms with Gasteiger partial charge in [-0.15, -0.1) is 21.5 Å². The van der Waals surface area contributed by atoms with Crippen molar-refractivity contribution < 1.29 is 23.8 Å². The quantitative estimate of drug-likeness (QED) is 0.158. The van der Waals surface area contributed by atoms with Crippen LogP contribution in [0.25, 0.3) is 5.69 Å². The van der Waals surface area contributed by atoms with Crippen LogP contribution in [-0.2, 0) is 11.3 Å². The summed E-state index contributed by atoms with van der Waals surface area (Å²) in [6.07, 6.45) is 0.603. The van der Waals surface area contributed by atoms with Crippen molar-refractivity contribution in [3.8, 4) is 22.9 Å². The minimum absolute atomic E-state index is 0.0772. The van der Waals surface area contributed by atoms with E-state index < -0.39 is 0 Å². The summed E-state index contributed by atoms with van der Waals surface area (Å²) in [5.41, 5.74) is 4.09. The van der Waals surface area contributed by atoms with Crippen LogP contribution < -0.4 is 19.5 Å². The van der Waals surface area contributed by atoms with Gasteiger partial charge in [0.2, 0.25) is 0 Å². The predicted molar refractivity (Wildman–Crippen MR) is 186 cm³/mol. The van der Waals surface area contributed by atoms with Crippen molar-refractivity contribution in [2.75, 3.05) is 27.1 Å². The van der Waals surface area contributed by atoms with E-state index in [4.69, 9.17) is 19.3 Å². The average molecular weight is 683 g/mol. The zero-order chi connectivity index (χ0) is 33.6. The summed E-state index contributed by atoms with van der Waals surface area (Å²) in [6, 6.07) is 24.4. The van der Waals surface area contributed by atoms with Crippen molar-refractivity contribution in [3.05, 3.63) is 112 Å². The van der Waals surface area contributed by atoms with Crippen molar-refractivity contribution in [1.82, 2.24) is 25.1 Å². The first-order valence-electron chi connectivity index (χ1n) is 15.1. The van der Waals surface area contributed by atoms with Gasteiger partial charge in [0.1, 0.15) is 17.2 Å². The lowest BCUT2D eigenvalue weighted by Crippen LogP contribution is -2.28. The topological polar surface area (TPSA) is 120 Å². The van der Waals surface area contributed by atoms with E-state index in [1.165, 1.54) is 26.0 Å². The van der Waals surface area contributed by atoms with Gasteiger partial charge in [-0.25, -0.2) is 5.01 Å². The second-order valence-corrected chi connectivity index (χ2v) is 12.8. The van der Waals surface area contributed by atoms with E-state index in [9.17, 15) is 9.59 Å². The second-order valence-electron chi connectivity index (χ2n) is 10.9. The number of aryl methyl sites for hydroxylation is 1. The van der Waals surface area contributed by atoms with E-state index in [1.54, 1.807) is 41.7 Å². The van der Waals surface area contributed by atoms with Gasteiger partial charge in [-0.05, 0) is 65.9 Å². The maximum Gasteiger partial charge on any atom is 0.253 e. The molecule has 1 aliphatic heterocycles. The molecule has 0 fully saturated rings. The van der Waals surface area contributed by atoms with E-state index in [-0.39, 0.29) is 30.2 Å². The molecule has 0 saturated heterocycles. The average Bonchev–Trinajstić information content (AvgIpc) is 3.90. The third-order valence-corrected chi connectivity index (χ3v) is 9.61. The van der Waals surface area contributed by atoms with E-state index in [1.807, 2.05) is 77.5 Å². The summed E-state index contributed by atoms with van der Waals surface area (Å²) in [5.74, 6) is 1.86. The van der Waals surface area contributed by atoms with Crippen molar-refractivity contribution in [3.63, 3.8) is 0 Å². The number of carbonyl (C=O) groups is 2. The van der Waals surface area contributed by atoms with Crippen LogP contribution in [0.4, 0.5) is 0 Å². The highest BCUT2D eigenvalue weighted by atomic mass is 32.2. The van der Waals surface area contributed by atoms with Gasteiger partial charge < -0.3 is 19.5 Å². The maximum absolute atomic E-state index is 13.9. The smallest absolute Gasteiger partial charge is 0.253 e. The van der Waals surface area contributed by atoms with Gasteiger partial charge in [0.05, 0.1) is 50.3 Å². The number of ether oxygens (including phenoxy) is 3. The summed E-state index contributed by atoms with van der Waals surface area (Å²) in [7, 11) is 4.69. The van der Waals surface area contributed by atoms with E-state index in [0.717, 1.165) is 33.2 Å². The number of nitrogens with zero attached hydrogens (tertiary/aromatic N) is 5. The Morgan fingerprint density at radius 2 is 1.67 bits per heavy atom. The lowest BCUT2D eigenvalue weighted by molar-refractivity contribution is -0.130. The molecule has 2 amide bonds. The number of thiophene rings is 1. The summed E-state index contributed by atoms with van der Waals surface area (Å²) in [6.45, 7) is 2.09. The van der Waals surface area contributed by atoms with Crippen molar-refractivity contribution >= 4 is 40.6 Å². The van der Waals surface area contributed by atoms with Crippen LogP contribution in [0.5, 0.6) is 17.2 Å². The van der Waals surface area contributed by atoms with Crippen LogP contribution in [0.2, 0.25) is 0 Å². The zero-order valence-corrected chi connectivity index (χ0v) is 28.5. The monoisotopic (exact) mass is 682 g/mol. The standard InChI is InChI=1S/C35H34N6O5S2/c1-22-7-5-8-25(15-22)40-32(20-36-34(43)24-16-27(45-3)18-28(17-24)46-4)37-38-35(40)48-21-33(42)41-30(23-10-12-26(44-2)13-11-23)19-29(39-41)31-9-6-14-47-31/h5-18,30H,19-21H2,1-4H3,(H,36,43). The number of thioether (sulfide) groups is 1. The Balaban J connectivity index is 1.23. The SMILES string of the molecule is COc1ccc(C2CC(c3cccs3)=NN2C(=O)CSc2nnc(CNC(=O)c3cc(OC)cc(OC)c3)n2-c2cccc(C)c2)cc1. The van der Waals surface area contributed by atoms with Crippen LogP contribution in [0.3, 0.4) is 0 Å². The van der Waals surface area contributed by atoms with Crippen LogP contribution in [0.15, 0.2) is 94.5 Å². The Kier molecular flexibility index (Phi) is 10.1. The number of nitrogens with one attached hydrogen (secondary N) is 1. The highest BCUT2D eigenvalue weighted by Gasteiger charge is 2.34. The van der Waals surface area contributed by atoms with Crippen molar-refractivity contribution in [2.45, 2.75) is 31.1 Å². The molecule has 0 radical (unpaired) electrons. The minimum Gasteiger partial charge on any atom is -0.497 e. The first-order valence-corrected chi connectivity index (χ1v) is 17.0. The molecule has 5 aromatic rings. The first kappa shape index (κ1) is 32.8. The molecule has 1 unspecified atom stereocenters. The molecule has 1 N–H and O–H groups in total. The largest absolute Gasteiger partial charge is 0.497 e. The number of amides is 2. The molecule has 0 bridgehead atoms. The molecule has 3 aromatic carbocycles. The molecule has 0 aliphatic carbocycles. The number of benzene rings is 3. The normalized spacial score (nSPS) is 14.0. The van der Waals surface area contributed by atoms with Gasteiger partial charge in [-0.1, -0.05) is 42.1 Å². The first-order chi connectivity index (χ1) is 23.4. The molecule has 1 aliphatic rings. The summed E-state index contributed by atoms with van der Waals surface area (Å²) in [5, 5.41) is 20.7. The van der Waals surface area contributed by atoms with Gasteiger partial charge in [-0.2, -0.15) is 5.10 Å². The zero-order valence-electron chi connectivity index (χ0n) is 26.9. The Bertz CT molecular complexity index is 1920. The fourth-order valence-electron chi connectivity index (χ4n) is 5.34. The Labute approximate surface area is 286 Å². The molecule has 3 heterocycles. The number of aromatic nitrogens is 3. The van der Waals surface area contributed by atoms with Crippen LogP contribution in [0, 0.1) is 6.92 Å². The van der Waals surface area contributed by atoms with E-state index in [2.05, 4.69) is 15.5 Å². The van der Waals surface area contributed by atoms with Gasteiger partial charge in [0.25, 0.3) is 11.8 Å². The predicted octanol–water partition coefficient (Wildman–Crippen LogP) is 6.06. The molecule has 11 nitrogen and oxygen atoms in total. The highest BCUT2D eigenvalue weighted by molar-refractivity contribution is 7.99. The van der Waals surface area contributed by atoms with Gasteiger partial charge in [0, 0.05) is 23.7 Å². The number of hydrogen-bond acceptors (Lipinski definition) is 10. The summed E-state index contributed by atoms with van der Waals surface area (Å²) in [4.78, 5) is 28.1. The molecule has 246 valence electrons. The van der Waals surface area contributed by atoms with Crippen molar-refractivity contribution in [1.29, 1.82) is 0 Å². The summed E-state index contributed by atoms with van der Waals surface area (Å²) >= 11 is 2.87. The molecule has 0 spiro atoms. The maximum atomic E-state index is 13.9. The minimum atomic E-state index is -0.326. The molecular weight excluding hydrogens is 649 g/mol. The number of methoxy groups -OCH3 is 3. The molecule has 0 saturated carbocycles. The lowest BCUT2D eigenvalue weighted by Gasteiger charge is -2.22. The fraction of sp³-hybridized carbons (Fsp3) is 0.229. The van der Waals surface area contributed by atoms with E-state index in [0.29, 0.717) is 34.5 Å². The highest BCUT2D eigenvalue weighted by Crippen LogP contribution is 2.35. The lowest BCUT2D eigenvalue weighted by atomic mass is 10.0. The summed E-state index contributed by atoms with van der Waals surface area (Å²) < 4.78 is 17.8.